The molecule has 0 fully saturated rings. The van der Waals surface area contributed by atoms with Crippen molar-refractivity contribution in [1.29, 1.82) is 0 Å². The first-order chi connectivity index (χ1) is 79.3. The topological polar surface area (TPSA) is 435 Å². The molecular weight excluding hydrogens is 2070 g/mol. The van der Waals surface area contributed by atoms with Crippen LogP contribution in [0.5, 0.6) is 0 Å². The Morgan fingerprint density at radius 2 is 0.551 bits per heavy atom. The van der Waals surface area contributed by atoms with Crippen molar-refractivity contribution < 1.29 is 183 Å². The third kappa shape index (κ3) is 33.8. The van der Waals surface area contributed by atoms with E-state index in [1.807, 2.05) is 18.9 Å². The summed E-state index contributed by atoms with van der Waals surface area (Å²) in [4.78, 5) is 73.4. The van der Waals surface area contributed by atoms with Crippen LogP contribution in [0, 0.1) is 34.9 Å². The SMILES string of the molecule is [2H]C1=C(C(=O)OCC)[C@H](S(=O)(=O)Nc2c([2H])c([2H])c(F)c([2H])c2Cl)CCC1([2H])[2H].[2H]C1=C(C(=O)OCC)[C@]([2H])(S(=O)(=O)Nc2c([2H])c([2H])c(F)c([2H])c2Cl)CCC1.[2H]C1=C(C(=O)OCC)[C@]([2H])(S(=O)(=O)Nc2c([2H])c([2H])c(F)c([2H])c2Cl)CCC1([2H])[2H].[2H]c1c([2H])c(NS(=O)(=O)[C@@H]2CC([2H])([2H])C([2H])([2H])C=C2C(=O)OCC)c(Cl)c([2H])c1F.[2H]c1c([2H])c(NS(=O)(=O)[C@@H]2CC([2H])([2H])CC=C2C(=O)OCC)c(Cl)c([2H])c1F.[2H]c1c([2H])c(NS(=O)(=O)[C@]2([2H])CC([2H])([2H])CC=C2C(=O)OCC)c(Cl)c([2H])c1F. The summed E-state index contributed by atoms with van der Waals surface area (Å²) >= 11 is 34.7. The van der Waals surface area contributed by atoms with E-state index in [0.29, 0.717) is 6.08 Å². The Kier molecular flexibility index (Phi) is 28.0. The molecule has 0 radical (unpaired) electrons. The van der Waals surface area contributed by atoms with E-state index in [0.717, 1.165) is 12.2 Å². The first kappa shape index (κ1) is 71.8. The Hall–Kier alpha value is -9.60. The zero-order chi connectivity index (χ0) is 134. The Labute approximate surface area is 878 Å². The number of ether oxygens (including phenoxy) is 6. The monoisotopic (exact) mass is 2200 g/mol. The fourth-order valence-electron chi connectivity index (χ4n) is 11.3. The number of esters is 6. The van der Waals surface area contributed by atoms with E-state index in [1.54, 1.807) is 9.44 Å². The van der Waals surface area contributed by atoms with Gasteiger partial charge in [0.25, 0.3) is 0 Å². The fourth-order valence-corrected chi connectivity index (χ4v) is 21.0. The van der Waals surface area contributed by atoms with E-state index >= 15 is 0 Å². The van der Waals surface area contributed by atoms with Crippen molar-refractivity contribution in [1.82, 2.24) is 0 Å². The quantitative estimate of drug-likeness (QED) is 0.0139. The largest absolute Gasteiger partial charge is 0.463 e. The summed E-state index contributed by atoms with van der Waals surface area (Å²) in [5.41, 5.74) is -8.55. The van der Waals surface area contributed by atoms with Crippen LogP contribution in [0.15, 0.2) is 179 Å². The van der Waals surface area contributed by atoms with Crippen LogP contribution in [0.2, 0.25) is 30.1 Å². The maximum absolute atomic E-state index is 13.8. The van der Waals surface area contributed by atoms with Crippen molar-refractivity contribution in [2.75, 3.05) is 68.0 Å². The van der Waals surface area contributed by atoms with Crippen molar-refractivity contribution in [2.24, 2.45) is 0 Å². The second-order valence-corrected chi connectivity index (χ2v) is 39.6. The van der Waals surface area contributed by atoms with Gasteiger partial charge in [-0.25, -0.2) is 106 Å². The average molecular weight is 2210 g/mol. The van der Waals surface area contributed by atoms with Crippen molar-refractivity contribution in [3.63, 3.8) is 0 Å². The number of hydrogen-bond acceptors (Lipinski definition) is 24. The van der Waals surface area contributed by atoms with Crippen LogP contribution >= 0.6 is 69.6 Å². The molecule has 0 aliphatic heterocycles. The lowest BCUT2D eigenvalue weighted by Gasteiger charge is -2.24. The van der Waals surface area contributed by atoms with E-state index in [4.69, 9.17) is 147 Å². The summed E-state index contributed by atoms with van der Waals surface area (Å²) in [5.74, 6) is -15.3. The molecule has 0 aromatic heterocycles. The number of anilines is 6. The second-order valence-electron chi connectivity index (χ2n) is 26.6. The maximum Gasteiger partial charge on any atom is 0.335 e. The van der Waals surface area contributed by atoms with Gasteiger partial charge < -0.3 is 28.4 Å². The van der Waals surface area contributed by atoms with Gasteiger partial charge in [0.2, 0.25) is 60.1 Å². The molecule has 0 amide bonds. The van der Waals surface area contributed by atoms with Gasteiger partial charge in [0, 0.05) is 16.4 Å². The van der Waals surface area contributed by atoms with Crippen LogP contribution in [-0.4, -0.2) is 157 Å². The van der Waals surface area contributed by atoms with E-state index in [2.05, 4.69) is 0 Å². The minimum Gasteiger partial charge on any atom is -0.463 e. The second kappa shape index (κ2) is 53.9. The number of nitrogens with one attached hydrogen (secondary N) is 6. The smallest absolute Gasteiger partial charge is 0.335 e. The van der Waals surface area contributed by atoms with E-state index in [-0.39, 0.29) is 96.2 Å². The summed E-state index contributed by atoms with van der Waals surface area (Å²) < 4.78 is 557. The molecule has 6 atom stereocenters. The standard InChI is InChI=1S/6C15H17ClFNO4S/c6*1-2-22-15(19)11-5-3-4-6-14(11)23(20,21)18-13-8-7-10(17)9-12(13)16/h6*5,7-9,14,18H,2-4,6H2,1H3/t6*14-/m111111/s1/i3D2,5D,7D,8D,9D,14D;5D,7D,8D,9D,14D;4D2,7D,8D,9D,14D;3D2,5D,7D,8D,9D;3D2,4D2,7D,8D,9D;4D2,7D,8D,9D. The first-order valence-electron chi connectivity index (χ1n) is 57.4. The lowest BCUT2D eigenvalue weighted by molar-refractivity contribution is -0.139. The predicted octanol–water partition coefficient (Wildman–Crippen LogP) is 19.6. The summed E-state index contributed by atoms with van der Waals surface area (Å²) in [6, 6.07) is -20.3. The fraction of sp³-hybridized carbons (Fsp3) is 0.400. The highest BCUT2D eigenvalue weighted by atomic mass is 35.5. The number of benzene rings is 6. The highest BCUT2D eigenvalue weighted by molar-refractivity contribution is 7.95. The molecule has 756 valence electrons. The number of carbonyl (C=O) groups is 6. The molecule has 138 heavy (non-hydrogen) atoms. The molecule has 0 spiro atoms. The third-order valence-corrected chi connectivity index (χ3v) is 28.6. The summed E-state index contributed by atoms with van der Waals surface area (Å²) in [7, 11) is -28.8. The highest BCUT2D eigenvalue weighted by Gasteiger charge is 2.42. The zero-order valence-electron chi connectivity index (χ0n) is 108. The van der Waals surface area contributed by atoms with Crippen LogP contribution in [0.25, 0.3) is 0 Å². The summed E-state index contributed by atoms with van der Waals surface area (Å²) in [6.07, 6.45) is -16.7. The van der Waals surface area contributed by atoms with Gasteiger partial charge in [0.1, 0.15) is 66.3 Å². The number of allylic oxidation sites excluding steroid dienone is 6. The van der Waals surface area contributed by atoms with E-state index in [9.17, 15) is 106 Å². The Bertz CT molecular complexity index is 8310. The lowest BCUT2D eigenvalue weighted by atomic mass is 9.99. The molecular formula is C90H102Cl6F6N6O24S6. The maximum atomic E-state index is 13.8. The number of sulfonamides is 6. The molecule has 48 heteroatoms. The first-order valence-corrected chi connectivity index (χ1v) is 50.8. The minimum absolute atomic E-state index is 0.0195. The number of carbonyl (C=O) groups excluding carboxylic acids is 6. The van der Waals surface area contributed by atoms with Crippen molar-refractivity contribution in [3.8, 4) is 0 Å². The van der Waals surface area contributed by atoms with Crippen molar-refractivity contribution in [3.05, 3.63) is 244 Å². The molecule has 6 aliphatic rings. The van der Waals surface area contributed by atoms with Crippen LogP contribution in [0.1, 0.15) is 206 Å². The van der Waals surface area contributed by atoms with Gasteiger partial charge >= 0.3 is 35.8 Å². The van der Waals surface area contributed by atoms with Gasteiger partial charge in [-0.1, -0.05) is 106 Å². The lowest BCUT2D eigenvalue weighted by Crippen LogP contribution is -2.34. The Morgan fingerprint density at radius 1 is 0.304 bits per heavy atom. The van der Waals surface area contributed by atoms with Gasteiger partial charge in [-0.2, -0.15) is 0 Å². The molecule has 0 bridgehead atoms. The molecule has 30 nitrogen and oxygen atoms in total. The molecule has 6 N–H and O–H groups in total. The van der Waals surface area contributed by atoms with Gasteiger partial charge in [0.15, 0.2) is 0 Å². The number of rotatable bonds is 30. The van der Waals surface area contributed by atoms with E-state index < -0.39 is 446 Å². The number of halogens is 12. The van der Waals surface area contributed by atoms with Crippen LogP contribution in [-0.2, 0) is 117 Å². The van der Waals surface area contributed by atoms with Crippen LogP contribution in [0.4, 0.5) is 60.5 Å². The molecule has 0 heterocycles. The van der Waals surface area contributed by atoms with Gasteiger partial charge in [0.05, 0.1) is 170 Å². The Balaban J connectivity index is 0.000000279. The summed E-state index contributed by atoms with van der Waals surface area (Å²) in [5, 5.41) is -18.4. The summed E-state index contributed by atoms with van der Waals surface area (Å²) in [6.45, 7) is 8.02. The predicted molar refractivity (Wildman–Crippen MR) is 518 cm³/mol. The molecule has 0 saturated carbocycles. The van der Waals surface area contributed by atoms with Crippen molar-refractivity contribution >= 4 is 200 Å². The van der Waals surface area contributed by atoms with Crippen LogP contribution < -0.4 is 28.3 Å². The van der Waals surface area contributed by atoms with Crippen molar-refractivity contribution in [2.45, 2.75) is 188 Å². The zero-order valence-corrected chi connectivity index (χ0v) is 81.4. The molecule has 0 saturated heterocycles. The van der Waals surface area contributed by atoms with E-state index in [1.165, 1.54) is 41.5 Å². The third-order valence-electron chi connectivity index (χ3n) is 17.3. The average Bonchev–Trinajstić information content (AvgIpc) is 0.728. The molecule has 6 aromatic carbocycles. The van der Waals surface area contributed by atoms with Gasteiger partial charge in [-0.15, -0.1) is 0 Å². The highest BCUT2D eigenvalue weighted by Crippen LogP contribution is 2.39. The molecule has 6 aliphatic carbocycles. The number of hydrogen-bond donors (Lipinski definition) is 6. The molecule has 12 rings (SSSR count). The Morgan fingerprint density at radius 3 is 0.891 bits per heavy atom. The van der Waals surface area contributed by atoms with Crippen LogP contribution in [0.3, 0.4) is 0 Å². The normalized spacial score (nSPS) is 26.0. The van der Waals surface area contributed by atoms with Gasteiger partial charge in [-0.05, 0) is 266 Å². The minimum atomic E-state index is -5.05. The molecule has 6 aromatic rings. The van der Waals surface area contributed by atoms with Gasteiger partial charge in [-0.3, -0.25) is 28.3 Å². The molecule has 0 unspecified atom stereocenters.